The zero-order valence-corrected chi connectivity index (χ0v) is 12.9. The van der Waals surface area contributed by atoms with Crippen LogP contribution in [0.3, 0.4) is 0 Å². The van der Waals surface area contributed by atoms with Crippen LogP contribution < -0.4 is 0 Å². The highest BCUT2D eigenvalue weighted by atomic mass is 16.5. The summed E-state index contributed by atoms with van der Waals surface area (Å²) in [4.78, 5) is 2.20. The summed E-state index contributed by atoms with van der Waals surface area (Å²) in [7, 11) is 0. The zero-order chi connectivity index (χ0) is 15.1. The quantitative estimate of drug-likeness (QED) is 0.810. The molecule has 1 heterocycles. The molecule has 0 fully saturated rings. The van der Waals surface area contributed by atoms with Crippen molar-refractivity contribution in [3.05, 3.63) is 41.7 Å². The third-order valence-electron chi connectivity index (χ3n) is 3.53. The Labute approximate surface area is 126 Å². The molecule has 0 bridgehead atoms. The van der Waals surface area contributed by atoms with Crippen LogP contribution in [0.5, 0.6) is 0 Å². The summed E-state index contributed by atoms with van der Waals surface area (Å²) in [6, 6.07) is 10.2. The van der Waals surface area contributed by atoms with Gasteiger partial charge in [-0.15, -0.1) is 0 Å². The van der Waals surface area contributed by atoms with Gasteiger partial charge in [0.1, 0.15) is 5.69 Å². The van der Waals surface area contributed by atoms with Crippen molar-refractivity contribution in [2.45, 2.75) is 33.2 Å². The Morgan fingerprint density at radius 2 is 1.95 bits per heavy atom. The van der Waals surface area contributed by atoms with Gasteiger partial charge in [0.2, 0.25) is 0 Å². The Morgan fingerprint density at radius 3 is 2.62 bits per heavy atom. The van der Waals surface area contributed by atoms with E-state index in [1.807, 2.05) is 6.07 Å². The molecule has 0 atom stereocenters. The molecule has 4 heteroatoms. The molecule has 1 aromatic carbocycles. The van der Waals surface area contributed by atoms with Crippen LogP contribution in [0.1, 0.15) is 31.1 Å². The van der Waals surface area contributed by atoms with Crippen molar-refractivity contribution in [1.29, 1.82) is 0 Å². The van der Waals surface area contributed by atoms with Gasteiger partial charge in [0.25, 0.3) is 0 Å². The van der Waals surface area contributed by atoms with Crippen LogP contribution in [-0.4, -0.2) is 34.9 Å². The predicted octanol–water partition coefficient (Wildman–Crippen LogP) is 3.24. The number of hydrogen-bond acceptors (Lipinski definition) is 4. The van der Waals surface area contributed by atoms with E-state index in [0.29, 0.717) is 13.1 Å². The number of aliphatic hydroxyl groups excluding tert-OH is 1. The second-order valence-corrected chi connectivity index (χ2v) is 5.40. The Kier molecular flexibility index (Phi) is 5.96. The lowest BCUT2D eigenvalue weighted by molar-refractivity contribution is 0.174. The third-order valence-corrected chi connectivity index (χ3v) is 3.53. The lowest BCUT2D eigenvalue weighted by Gasteiger charge is -2.18. The fourth-order valence-corrected chi connectivity index (χ4v) is 2.26. The number of rotatable bonds is 8. The van der Waals surface area contributed by atoms with E-state index < -0.39 is 0 Å². The molecule has 0 amide bonds. The van der Waals surface area contributed by atoms with E-state index in [1.165, 1.54) is 5.56 Å². The second kappa shape index (κ2) is 7.96. The molecule has 0 unspecified atom stereocenters. The Bertz CT molecular complexity index is 534. The van der Waals surface area contributed by atoms with Gasteiger partial charge in [-0.25, -0.2) is 0 Å². The van der Waals surface area contributed by atoms with Crippen molar-refractivity contribution in [3.63, 3.8) is 0 Å². The van der Waals surface area contributed by atoms with Crippen LogP contribution in [-0.2, 0) is 6.54 Å². The summed E-state index contributed by atoms with van der Waals surface area (Å²) < 4.78 is 5.43. The largest absolute Gasteiger partial charge is 0.395 e. The van der Waals surface area contributed by atoms with Crippen molar-refractivity contribution in [2.24, 2.45) is 0 Å². The molecular weight excluding hydrogens is 264 g/mol. The van der Waals surface area contributed by atoms with Gasteiger partial charge in [0.05, 0.1) is 13.2 Å². The van der Waals surface area contributed by atoms with Gasteiger partial charge in [-0.05, 0) is 19.9 Å². The van der Waals surface area contributed by atoms with Gasteiger partial charge >= 0.3 is 0 Å². The van der Waals surface area contributed by atoms with E-state index >= 15 is 0 Å². The van der Waals surface area contributed by atoms with Crippen LogP contribution in [0, 0.1) is 6.92 Å². The lowest BCUT2D eigenvalue weighted by atomic mass is 10.1. The molecule has 0 aliphatic heterocycles. The molecule has 0 saturated heterocycles. The molecule has 2 rings (SSSR count). The minimum Gasteiger partial charge on any atom is -0.395 e. The van der Waals surface area contributed by atoms with Gasteiger partial charge in [-0.3, -0.25) is 4.90 Å². The number of aryl methyl sites for hydroxylation is 1. The SMILES string of the molecule is CCCCN(CCO)Cc1cc(-c2ccc(C)cc2)no1. The number of hydrogen-bond donors (Lipinski definition) is 1. The maximum atomic E-state index is 9.14. The number of nitrogens with zero attached hydrogens (tertiary/aromatic N) is 2. The van der Waals surface area contributed by atoms with E-state index in [0.717, 1.165) is 36.4 Å². The third kappa shape index (κ3) is 4.69. The fraction of sp³-hybridized carbons (Fsp3) is 0.471. The monoisotopic (exact) mass is 288 g/mol. The van der Waals surface area contributed by atoms with Crippen LogP contribution >= 0.6 is 0 Å². The van der Waals surface area contributed by atoms with Crippen molar-refractivity contribution in [3.8, 4) is 11.3 Å². The molecule has 2 aromatic rings. The molecule has 0 aliphatic rings. The molecule has 0 saturated carbocycles. The van der Waals surface area contributed by atoms with E-state index in [9.17, 15) is 0 Å². The van der Waals surface area contributed by atoms with Crippen LogP contribution in [0.15, 0.2) is 34.9 Å². The maximum Gasteiger partial charge on any atom is 0.151 e. The molecule has 21 heavy (non-hydrogen) atoms. The standard InChI is InChI=1S/C17H24N2O2/c1-3-4-9-19(10-11-20)13-16-12-17(18-21-16)15-7-5-14(2)6-8-15/h5-8,12,20H,3-4,9-11,13H2,1-2H3. The average molecular weight is 288 g/mol. The first kappa shape index (κ1) is 15.7. The molecule has 4 nitrogen and oxygen atoms in total. The van der Waals surface area contributed by atoms with Crippen molar-refractivity contribution in [2.75, 3.05) is 19.7 Å². The molecule has 0 spiro atoms. The van der Waals surface area contributed by atoms with E-state index in [-0.39, 0.29) is 6.61 Å². The highest BCUT2D eigenvalue weighted by Crippen LogP contribution is 2.20. The Hall–Kier alpha value is -1.65. The summed E-state index contributed by atoms with van der Waals surface area (Å²) in [5.41, 5.74) is 3.17. The highest BCUT2D eigenvalue weighted by Gasteiger charge is 2.11. The number of benzene rings is 1. The number of aliphatic hydroxyl groups is 1. The van der Waals surface area contributed by atoms with Gasteiger partial charge in [0, 0.05) is 18.2 Å². The van der Waals surface area contributed by atoms with Gasteiger partial charge < -0.3 is 9.63 Å². The summed E-state index contributed by atoms with van der Waals surface area (Å²) >= 11 is 0. The number of aromatic nitrogens is 1. The van der Waals surface area contributed by atoms with Gasteiger partial charge in [0.15, 0.2) is 5.76 Å². The predicted molar refractivity (Wildman–Crippen MR) is 83.9 cm³/mol. The summed E-state index contributed by atoms with van der Waals surface area (Å²) in [5.74, 6) is 0.843. The minimum atomic E-state index is 0.169. The molecule has 1 aromatic heterocycles. The topological polar surface area (TPSA) is 49.5 Å². The molecule has 1 N–H and O–H groups in total. The minimum absolute atomic E-state index is 0.169. The van der Waals surface area contributed by atoms with Crippen molar-refractivity contribution >= 4 is 0 Å². The van der Waals surface area contributed by atoms with E-state index in [2.05, 4.69) is 48.2 Å². The molecule has 114 valence electrons. The highest BCUT2D eigenvalue weighted by molar-refractivity contribution is 5.59. The first-order valence-electron chi connectivity index (χ1n) is 7.58. The zero-order valence-electron chi connectivity index (χ0n) is 12.9. The number of unbranched alkanes of at least 4 members (excludes halogenated alkanes) is 1. The van der Waals surface area contributed by atoms with E-state index in [4.69, 9.17) is 9.63 Å². The first-order chi connectivity index (χ1) is 10.2. The van der Waals surface area contributed by atoms with Gasteiger partial charge in [-0.2, -0.15) is 0 Å². The van der Waals surface area contributed by atoms with Gasteiger partial charge in [-0.1, -0.05) is 48.3 Å². The fourth-order valence-electron chi connectivity index (χ4n) is 2.26. The van der Waals surface area contributed by atoms with Crippen molar-refractivity contribution in [1.82, 2.24) is 10.1 Å². The normalized spacial score (nSPS) is 11.2. The summed E-state index contributed by atoms with van der Waals surface area (Å²) in [5, 5.41) is 13.3. The lowest BCUT2D eigenvalue weighted by Crippen LogP contribution is -2.27. The first-order valence-corrected chi connectivity index (χ1v) is 7.58. The van der Waals surface area contributed by atoms with Crippen LogP contribution in [0.25, 0.3) is 11.3 Å². The van der Waals surface area contributed by atoms with Crippen LogP contribution in [0.2, 0.25) is 0 Å². The molecule has 0 radical (unpaired) electrons. The molecule has 0 aliphatic carbocycles. The second-order valence-electron chi connectivity index (χ2n) is 5.40. The average Bonchev–Trinajstić information content (AvgIpc) is 2.94. The van der Waals surface area contributed by atoms with Crippen LogP contribution in [0.4, 0.5) is 0 Å². The smallest absolute Gasteiger partial charge is 0.151 e. The summed E-state index contributed by atoms with van der Waals surface area (Å²) in [6.45, 7) is 6.74. The summed E-state index contributed by atoms with van der Waals surface area (Å²) in [6.07, 6.45) is 2.27. The molecular formula is C17H24N2O2. The van der Waals surface area contributed by atoms with Crippen molar-refractivity contribution < 1.29 is 9.63 Å². The Morgan fingerprint density at radius 1 is 1.19 bits per heavy atom. The van der Waals surface area contributed by atoms with E-state index in [1.54, 1.807) is 0 Å². The Balaban J connectivity index is 2.02. The maximum absolute atomic E-state index is 9.14.